The third kappa shape index (κ3) is 4.07. The van der Waals surface area contributed by atoms with E-state index in [2.05, 4.69) is 10.3 Å². The number of hydrogen-bond donors (Lipinski definition) is 1. The molecule has 0 saturated carbocycles. The van der Waals surface area contributed by atoms with Gasteiger partial charge in [-0.2, -0.15) is 0 Å². The molecule has 24 heavy (non-hydrogen) atoms. The van der Waals surface area contributed by atoms with E-state index in [4.69, 9.17) is 4.74 Å². The van der Waals surface area contributed by atoms with Gasteiger partial charge in [0.2, 0.25) is 5.75 Å². The number of anilines is 1. The van der Waals surface area contributed by atoms with E-state index in [1.807, 2.05) is 32.0 Å². The van der Waals surface area contributed by atoms with Crippen molar-refractivity contribution >= 4 is 17.4 Å². The molecule has 7 nitrogen and oxygen atoms in total. The molecule has 1 amide bonds. The van der Waals surface area contributed by atoms with Crippen molar-refractivity contribution in [2.24, 2.45) is 0 Å². The first kappa shape index (κ1) is 17.4. The van der Waals surface area contributed by atoms with E-state index in [1.165, 1.54) is 13.0 Å². The minimum Gasteiger partial charge on any atom is -0.473 e. The molecular weight excluding hydrogens is 310 g/mol. The number of aryl methyl sites for hydroxylation is 3. The Balaban J connectivity index is 2.13. The average molecular weight is 329 g/mol. The number of benzene rings is 1. The molecule has 126 valence electrons. The van der Waals surface area contributed by atoms with Crippen LogP contribution in [0.15, 0.2) is 30.3 Å². The molecule has 7 heteroatoms. The van der Waals surface area contributed by atoms with Crippen molar-refractivity contribution in [2.75, 3.05) is 5.32 Å². The number of amides is 1. The standard InChI is InChI=1S/C17H19N3O4/c1-10-5-7-14(11(2)9-10)19-17(21)13(4)24-15-8-6-12(3)18-16(15)20(22)23/h5-9,13H,1-4H3,(H,19,21)/t13-/m0/s1. The minimum absolute atomic E-state index is 0.0334. The Hall–Kier alpha value is -2.96. The van der Waals surface area contributed by atoms with Crippen LogP contribution in [0.25, 0.3) is 0 Å². The van der Waals surface area contributed by atoms with Gasteiger partial charge in [-0.1, -0.05) is 17.7 Å². The maximum Gasteiger partial charge on any atom is 0.406 e. The van der Waals surface area contributed by atoms with Gasteiger partial charge in [0.15, 0.2) is 6.10 Å². The van der Waals surface area contributed by atoms with Crippen LogP contribution in [0.5, 0.6) is 5.75 Å². The van der Waals surface area contributed by atoms with Gasteiger partial charge in [0.1, 0.15) is 5.69 Å². The van der Waals surface area contributed by atoms with Gasteiger partial charge in [-0.15, -0.1) is 0 Å². The summed E-state index contributed by atoms with van der Waals surface area (Å²) >= 11 is 0. The molecule has 0 aliphatic carbocycles. The Morgan fingerprint density at radius 2 is 1.96 bits per heavy atom. The summed E-state index contributed by atoms with van der Waals surface area (Å²) in [5.74, 6) is -0.827. The number of carbonyl (C=O) groups is 1. The van der Waals surface area contributed by atoms with Gasteiger partial charge >= 0.3 is 5.82 Å². The van der Waals surface area contributed by atoms with Crippen molar-refractivity contribution in [3.05, 3.63) is 57.3 Å². The maximum absolute atomic E-state index is 12.3. The quantitative estimate of drug-likeness (QED) is 0.671. The summed E-state index contributed by atoms with van der Waals surface area (Å²) in [5, 5.41) is 13.8. The fraction of sp³-hybridized carbons (Fsp3) is 0.294. The molecule has 1 aromatic carbocycles. The topological polar surface area (TPSA) is 94.4 Å². The summed E-state index contributed by atoms with van der Waals surface area (Å²) in [4.78, 5) is 26.5. The zero-order chi connectivity index (χ0) is 17.9. The highest BCUT2D eigenvalue weighted by molar-refractivity contribution is 5.94. The third-order valence-corrected chi connectivity index (χ3v) is 3.46. The zero-order valence-corrected chi connectivity index (χ0v) is 14.0. The number of hydrogen-bond acceptors (Lipinski definition) is 5. The fourth-order valence-corrected chi connectivity index (χ4v) is 2.19. The van der Waals surface area contributed by atoms with Crippen LogP contribution < -0.4 is 10.1 Å². The van der Waals surface area contributed by atoms with E-state index in [-0.39, 0.29) is 5.75 Å². The number of nitro groups is 1. The van der Waals surface area contributed by atoms with Crippen LogP contribution in [-0.4, -0.2) is 21.9 Å². The van der Waals surface area contributed by atoms with E-state index in [0.29, 0.717) is 11.4 Å². The summed E-state index contributed by atoms with van der Waals surface area (Å²) in [6, 6.07) is 8.70. The average Bonchev–Trinajstić information content (AvgIpc) is 2.51. The number of carbonyl (C=O) groups excluding carboxylic acids is 1. The minimum atomic E-state index is -0.908. The van der Waals surface area contributed by atoms with Crippen LogP contribution in [0, 0.1) is 30.9 Å². The second kappa shape index (κ2) is 7.08. The highest BCUT2D eigenvalue weighted by Gasteiger charge is 2.23. The SMILES string of the molecule is Cc1ccc(NC(=O)[C@H](C)Oc2ccc(C)nc2[N+](=O)[O-])c(C)c1. The summed E-state index contributed by atoms with van der Waals surface area (Å²) in [7, 11) is 0. The lowest BCUT2D eigenvalue weighted by Crippen LogP contribution is -2.30. The largest absolute Gasteiger partial charge is 0.473 e. The molecule has 0 aliphatic heterocycles. The molecule has 0 radical (unpaired) electrons. The van der Waals surface area contributed by atoms with E-state index in [1.54, 1.807) is 13.0 Å². The van der Waals surface area contributed by atoms with E-state index in [0.717, 1.165) is 11.1 Å². The van der Waals surface area contributed by atoms with Crippen molar-refractivity contribution in [3.8, 4) is 5.75 Å². The van der Waals surface area contributed by atoms with Gasteiger partial charge in [-0.3, -0.25) is 4.79 Å². The number of nitrogens with zero attached hydrogens (tertiary/aromatic N) is 2. The van der Waals surface area contributed by atoms with E-state index < -0.39 is 22.8 Å². The molecule has 2 rings (SSSR count). The second-order valence-corrected chi connectivity index (χ2v) is 5.60. The van der Waals surface area contributed by atoms with Crippen molar-refractivity contribution in [1.82, 2.24) is 4.98 Å². The van der Waals surface area contributed by atoms with Crippen LogP contribution in [0.4, 0.5) is 11.5 Å². The predicted octanol–water partition coefficient (Wildman–Crippen LogP) is 3.32. The zero-order valence-electron chi connectivity index (χ0n) is 14.0. The fourth-order valence-electron chi connectivity index (χ4n) is 2.19. The van der Waals surface area contributed by atoms with Crippen molar-refractivity contribution in [1.29, 1.82) is 0 Å². The van der Waals surface area contributed by atoms with Crippen molar-refractivity contribution in [2.45, 2.75) is 33.8 Å². The molecule has 1 aromatic heterocycles. The van der Waals surface area contributed by atoms with E-state index in [9.17, 15) is 14.9 Å². The Kier molecular flexibility index (Phi) is 5.13. The highest BCUT2D eigenvalue weighted by atomic mass is 16.6. The van der Waals surface area contributed by atoms with Gasteiger partial charge < -0.3 is 20.2 Å². The smallest absolute Gasteiger partial charge is 0.406 e. The summed E-state index contributed by atoms with van der Waals surface area (Å²) < 4.78 is 5.44. The van der Waals surface area contributed by atoms with Crippen LogP contribution >= 0.6 is 0 Å². The first-order valence-electron chi connectivity index (χ1n) is 7.44. The first-order valence-corrected chi connectivity index (χ1v) is 7.44. The molecule has 0 bridgehead atoms. The van der Waals surface area contributed by atoms with Gasteiger partial charge in [-0.05, 0) is 54.4 Å². The summed E-state index contributed by atoms with van der Waals surface area (Å²) in [5.41, 5.74) is 3.20. The van der Waals surface area contributed by atoms with Gasteiger partial charge in [0, 0.05) is 12.6 Å². The molecule has 0 aliphatic rings. The van der Waals surface area contributed by atoms with Crippen molar-refractivity contribution < 1.29 is 14.5 Å². The second-order valence-electron chi connectivity index (χ2n) is 5.60. The Labute approximate surface area is 139 Å². The monoisotopic (exact) mass is 329 g/mol. The Morgan fingerprint density at radius 3 is 2.58 bits per heavy atom. The number of aromatic nitrogens is 1. The number of nitrogens with one attached hydrogen (secondary N) is 1. The van der Waals surface area contributed by atoms with Gasteiger partial charge in [-0.25, -0.2) is 0 Å². The van der Waals surface area contributed by atoms with Crippen molar-refractivity contribution in [3.63, 3.8) is 0 Å². The number of pyridine rings is 1. The summed E-state index contributed by atoms with van der Waals surface area (Å²) in [6.07, 6.45) is -0.908. The molecule has 1 atom stereocenters. The molecule has 1 heterocycles. The normalized spacial score (nSPS) is 11.7. The van der Waals surface area contributed by atoms with Crippen LogP contribution in [0.1, 0.15) is 23.7 Å². The van der Waals surface area contributed by atoms with Crippen LogP contribution in [0.2, 0.25) is 0 Å². The first-order chi connectivity index (χ1) is 11.3. The number of rotatable bonds is 5. The number of ether oxygens (including phenoxy) is 1. The molecular formula is C17H19N3O4. The van der Waals surface area contributed by atoms with E-state index >= 15 is 0 Å². The molecule has 2 aromatic rings. The molecule has 0 spiro atoms. The predicted molar refractivity (Wildman–Crippen MR) is 90.3 cm³/mol. The lowest BCUT2D eigenvalue weighted by molar-refractivity contribution is -0.390. The molecule has 0 fully saturated rings. The lowest BCUT2D eigenvalue weighted by Gasteiger charge is -2.15. The molecule has 0 unspecified atom stereocenters. The van der Waals surface area contributed by atoms with Crippen LogP contribution in [0.3, 0.4) is 0 Å². The third-order valence-electron chi connectivity index (χ3n) is 3.46. The Morgan fingerprint density at radius 1 is 1.25 bits per heavy atom. The molecule has 1 N–H and O–H groups in total. The Bertz CT molecular complexity index is 789. The maximum atomic E-state index is 12.3. The van der Waals surface area contributed by atoms with Crippen LogP contribution in [-0.2, 0) is 4.79 Å². The highest BCUT2D eigenvalue weighted by Crippen LogP contribution is 2.26. The van der Waals surface area contributed by atoms with Gasteiger partial charge in [0.05, 0.1) is 0 Å². The lowest BCUT2D eigenvalue weighted by atomic mass is 10.1. The summed E-state index contributed by atoms with van der Waals surface area (Å²) in [6.45, 7) is 7.03. The van der Waals surface area contributed by atoms with Gasteiger partial charge in [0.25, 0.3) is 5.91 Å². The molecule has 0 saturated heterocycles.